The highest BCUT2D eigenvalue weighted by Gasteiger charge is 2.33. The van der Waals surface area contributed by atoms with Gasteiger partial charge in [0.05, 0.1) is 0 Å². The van der Waals surface area contributed by atoms with Gasteiger partial charge in [0.1, 0.15) is 11.5 Å². The molecular weight excluding hydrogens is 285 g/mol. The normalized spacial score (nSPS) is 20.8. The van der Waals surface area contributed by atoms with Gasteiger partial charge in [-0.25, -0.2) is 4.98 Å². The van der Waals surface area contributed by atoms with Crippen LogP contribution in [0.2, 0.25) is 0 Å². The van der Waals surface area contributed by atoms with Crippen LogP contribution in [0.15, 0.2) is 18.2 Å². The fourth-order valence-electron chi connectivity index (χ4n) is 2.44. The van der Waals surface area contributed by atoms with Gasteiger partial charge < -0.3 is 4.90 Å². The molecule has 2 nitrogen and oxygen atoms in total. The lowest BCUT2D eigenvalue weighted by Crippen LogP contribution is -2.30. The molecule has 0 aliphatic carbocycles. The van der Waals surface area contributed by atoms with E-state index in [9.17, 15) is 13.2 Å². The molecular formula is C14H19F3N2S. The van der Waals surface area contributed by atoms with Crippen LogP contribution < -0.4 is 4.90 Å². The molecule has 0 aromatic carbocycles. The lowest BCUT2D eigenvalue weighted by atomic mass is 10.2. The highest BCUT2D eigenvalue weighted by atomic mass is 32.2. The number of alkyl halides is 3. The van der Waals surface area contributed by atoms with E-state index in [0.29, 0.717) is 11.1 Å². The molecule has 1 aromatic heterocycles. The van der Waals surface area contributed by atoms with Crippen LogP contribution in [0.25, 0.3) is 0 Å². The van der Waals surface area contributed by atoms with Gasteiger partial charge in [0.25, 0.3) is 0 Å². The van der Waals surface area contributed by atoms with Gasteiger partial charge in [-0.05, 0) is 30.7 Å². The summed E-state index contributed by atoms with van der Waals surface area (Å²) < 4.78 is 38.2. The Morgan fingerprint density at radius 3 is 2.85 bits per heavy atom. The molecule has 1 aromatic rings. The minimum atomic E-state index is -4.38. The molecule has 0 radical (unpaired) electrons. The quantitative estimate of drug-likeness (QED) is 0.832. The third-order valence-corrected chi connectivity index (χ3v) is 4.57. The number of hydrogen-bond donors (Lipinski definition) is 0. The Labute approximate surface area is 121 Å². The number of rotatable bonds is 3. The molecule has 2 heterocycles. The fourth-order valence-corrected chi connectivity index (χ4v) is 3.53. The summed E-state index contributed by atoms with van der Waals surface area (Å²) in [7, 11) is 0. The van der Waals surface area contributed by atoms with Gasteiger partial charge in [0.15, 0.2) is 0 Å². The third kappa shape index (κ3) is 4.04. The number of nitrogens with zero attached hydrogens (tertiary/aromatic N) is 2. The van der Waals surface area contributed by atoms with Crippen LogP contribution >= 0.6 is 11.8 Å². The summed E-state index contributed by atoms with van der Waals surface area (Å²) in [6.45, 7) is 3.68. The Morgan fingerprint density at radius 2 is 2.15 bits per heavy atom. The van der Waals surface area contributed by atoms with E-state index < -0.39 is 11.9 Å². The molecule has 0 spiro atoms. The first-order chi connectivity index (χ1) is 9.50. The van der Waals surface area contributed by atoms with Crippen LogP contribution in [0.1, 0.15) is 31.9 Å². The zero-order chi connectivity index (χ0) is 14.6. The Hall–Kier alpha value is -0.910. The molecule has 1 aliphatic rings. The molecule has 1 fully saturated rings. The van der Waals surface area contributed by atoms with Gasteiger partial charge in [-0.3, -0.25) is 0 Å². The maximum atomic E-state index is 12.7. The number of hydrogen-bond acceptors (Lipinski definition) is 3. The summed E-state index contributed by atoms with van der Waals surface area (Å²) in [6.07, 6.45) is -1.10. The number of thioether (sulfide) groups is 1. The van der Waals surface area contributed by atoms with Crippen LogP contribution in [-0.4, -0.2) is 29.1 Å². The average molecular weight is 304 g/mol. The van der Waals surface area contributed by atoms with Gasteiger partial charge in [-0.15, -0.1) is 0 Å². The fraction of sp³-hybridized carbons (Fsp3) is 0.643. The minimum Gasteiger partial charge on any atom is -0.355 e. The number of pyridine rings is 1. The summed E-state index contributed by atoms with van der Waals surface area (Å²) in [6, 6.07) is 4.14. The molecule has 6 heteroatoms. The van der Waals surface area contributed by atoms with Crippen molar-refractivity contribution >= 4 is 17.6 Å². The minimum absolute atomic E-state index is 0.448. The second kappa shape index (κ2) is 6.70. The van der Waals surface area contributed by atoms with Crippen LogP contribution in [0.4, 0.5) is 19.0 Å². The van der Waals surface area contributed by atoms with Crippen molar-refractivity contribution in [1.82, 2.24) is 4.98 Å². The van der Waals surface area contributed by atoms with Crippen LogP contribution in [0.5, 0.6) is 0 Å². The second-order valence-corrected chi connectivity index (χ2v) is 6.48. The Balaban J connectivity index is 2.16. The second-order valence-electron chi connectivity index (χ2n) is 4.90. The summed E-state index contributed by atoms with van der Waals surface area (Å²) in [5.41, 5.74) is -0.807. The van der Waals surface area contributed by atoms with E-state index in [-0.39, 0.29) is 0 Å². The van der Waals surface area contributed by atoms with Gasteiger partial charge in [-0.2, -0.15) is 24.9 Å². The zero-order valence-electron chi connectivity index (χ0n) is 11.5. The highest BCUT2D eigenvalue weighted by Crippen LogP contribution is 2.30. The monoisotopic (exact) mass is 304 g/mol. The van der Waals surface area contributed by atoms with Gasteiger partial charge >= 0.3 is 6.18 Å². The number of halogens is 3. The summed E-state index contributed by atoms with van der Waals surface area (Å²) in [5.74, 6) is 1.48. The molecule has 0 N–H and O–H groups in total. The Bertz CT molecular complexity index is 437. The summed E-state index contributed by atoms with van der Waals surface area (Å²) >= 11 is 1.88. The van der Waals surface area contributed by atoms with E-state index >= 15 is 0 Å². The smallest absolute Gasteiger partial charge is 0.355 e. The lowest BCUT2D eigenvalue weighted by molar-refractivity contribution is -0.141. The Morgan fingerprint density at radius 1 is 1.35 bits per heavy atom. The highest BCUT2D eigenvalue weighted by molar-refractivity contribution is 7.99. The van der Waals surface area contributed by atoms with Gasteiger partial charge in [0.2, 0.25) is 0 Å². The van der Waals surface area contributed by atoms with Gasteiger partial charge in [-0.1, -0.05) is 19.4 Å². The topological polar surface area (TPSA) is 16.1 Å². The van der Waals surface area contributed by atoms with E-state index in [1.807, 2.05) is 16.7 Å². The molecule has 1 unspecified atom stereocenters. The molecule has 1 saturated heterocycles. The first-order valence-electron chi connectivity index (χ1n) is 6.91. The van der Waals surface area contributed by atoms with E-state index in [2.05, 4.69) is 11.9 Å². The van der Waals surface area contributed by atoms with Crippen LogP contribution in [0.3, 0.4) is 0 Å². The van der Waals surface area contributed by atoms with Crippen molar-refractivity contribution in [3.63, 3.8) is 0 Å². The summed E-state index contributed by atoms with van der Waals surface area (Å²) in [4.78, 5) is 5.79. The first kappa shape index (κ1) is 15.5. The number of anilines is 1. The standard InChI is InChI=1S/C14H19F3N2S/c1-2-20-11-6-3-4-9-19(10-11)13-8-5-7-12(18-13)14(15,16)17/h5,7-8,11H,2-4,6,9-10H2,1H3. The maximum Gasteiger partial charge on any atom is 0.433 e. The lowest BCUT2D eigenvalue weighted by Gasteiger charge is -2.25. The molecule has 1 atom stereocenters. The molecule has 112 valence electrons. The van der Waals surface area contributed by atoms with Crippen LogP contribution in [-0.2, 0) is 6.18 Å². The van der Waals surface area contributed by atoms with Crippen molar-refractivity contribution in [1.29, 1.82) is 0 Å². The predicted molar refractivity (Wildman–Crippen MR) is 77.2 cm³/mol. The average Bonchev–Trinajstić information content (AvgIpc) is 2.64. The van der Waals surface area contributed by atoms with Crippen LogP contribution in [0, 0.1) is 0 Å². The predicted octanol–water partition coefficient (Wildman–Crippen LogP) is 4.21. The van der Waals surface area contributed by atoms with Crippen molar-refractivity contribution in [2.24, 2.45) is 0 Å². The van der Waals surface area contributed by atoms with Crippen molar-refractivity contribution in [3.05, 3.63) is 23.9 Å². The Kier molecular flexibility index (Phi) is 5.18. The molecule has 0 saturated carbocycles. The third-order valence-electron chi connectivity index (χ3n) is 3.38. The molecule has 20 heavy (non-hydrogen) atoms. The molecule has 0 amide bonds. The van der Waals surface area contributed by atoms with Gasteiger partial charge in [0, 0.05) is 18.3 Å². The van der Waals surface area contributed by atoms with Crippen molar-refractivity contribution in [2.45, 2.75) is 37.6 Å². The van der Waals surface area contributed by atoms with Crippen molar-refractivity contribution in [2.75, 3.05) is 23.7 Å². The SMILES string of the molecule is CCSC1CCCCN(c2cccc(C(F)(F)F)n2)C1. The van der Waals surface area contributed by atoms with Crippen molar-refractivity contribution in [3.8, 4) is 0 Å². The number of aromatic nitrogens is 1. The summed E-state index contributed by atoms with van der Waals surface area (Å²) in [5, 5.41) is 0.485. The van der Waals surface area contributed by atoms with E-state index in [0.717, 1.165) is 44.2 Å². The zero-order valence-corrected chi connectivity index (χ0v) is 12.3. The molecule has 0 bridgehead atoms. The van der Waals surface area contributed by atoms with Crippen molar-refractivity contribution < 1.29 is 13.2 Å². The maximum absolute atomic E-state index is 12.7. The van der Waals surface area contributed by atoms with E-state index in [1.165, 1.54) is 6.07 Å². The van der Waals surface area contributed by atoms with E-state index in [4.69, 9.17) is 0 Å². The first-order valence-corrected chi connectivity index (χ1v) is 7.96. The molecule has 2 rings (SSSR count). The van der Waals surface area contributed by atoms with E-state index in [1.54, 1.807) is 6.07 Å². The largest absolute Gasteiger partial charge is 0.433 e. The molecule has 1 aliphatic heterocycles.